The van der Waals surface area contributed by atoms with Crippen LogP contribution in [-0.4, -0.2) is 16.9 Å². The number of carboxylic acids is 1. The fraction of sp³-hybridized carbons (Fsp3) is 0.231. The molecule has 4 heteroatoms. The highest BCUT2D eigenvalue weighted by molar-refractivity contribution is 6.01. The minimum Gasteiger partial charge on any atom is -0.489 e. The van der Waals surface area contributed by atoms with E-state index in [4.69, 9.17) is 9.84 Å². The van der Waals surface area contributed by atoms with Gasteiger partial charge in [-0.05, 0) is 36.1 Å². The highest BCUT2D eigenvalue weighted by Crippen LogP contribution is 2.28. The number of unbranched alkanes of at least 4 members (excludes halogenated alkanes) is 1. The van der Waals surface area contributed by atoms with E-state index in [1.807, 2.05) is 78.9 Å². The summed E-state index contributed by atoms with van der Waals surface area (Å²) in [6.07, 6.45) is 1.98. The van der Waals surface area contributed by atoms with Crippen molar-refractivity contribution in [1.29, 1.82) is 0 Å². The first-order valence-corrected chi connectivity index (χ1v) is 10.2. The van der Waals surface area contributed by atoms with Crippen LogP contribution in [0.5, 0.6) is 5.75 Å². The average Bonchev–Trinajstić information content (AvgIpc) is 2.78. The van der Waals surface area contributed by atoms with E-state index in [0.29, 0.717) is 37.2 Å². The Balaban J connectivity index is 1.72. The summed E-state index contributed by atoms with van der Waals surface area (Å²) in [7, 11) is 0. The van der Waals surface area contributed by atoms with Crippen molar-refractivity contribution in [3.05, 3.63) is 102 Å². The van der Waals surface area contributed by atoms with E-state index in [9.17, 15) is 9.59 Å². The first-order chi connectivity index (χ1) is 14.6. The molecule has 0 aliphatic rings. The first kappa shape index (κ1) is 21.3. The Morgan fingerprint density at radius 2 is 1.53 bits per heavy atom. The Morgan fingerprint density at radius 1 is 0.833 bits per heavy atom. The lowest BCUT2D eigenvalue weighted by Gasteiger charge is -2.17. The molecule has 1 atom stereocenters. The molecular formula is C26H26O4. The highest BCUT2D eigenvalue weighted by atomic mass is 16.5. The average molecular weight is 402 g/mol. The second kappa shape index (κ2) is 11.0. The Bertz CT molecular complexity index is 951. The molecule has 0 aromatic heterocycles. The number of aliphatic carboxylic acids is 1. The number of ketones is 1. The zero-order valence-electron chi connectivity index (χ0n) is 16.9. The van der Waals surface area contributed by atoms with Gasteiger partial charge in [0.25, 0.3) is 0 Å². The third kappa shape index (κ3) is 6.31. The Hall–Kier alpha value is -3.40. The molecule has 3 aromatic rings. The summed E-state index contributed by atoms with van der Waals surface area (Å²) in [6.45, 7) is 0.440. The summed E-state index contributed by atoms with van der Waals surface area (Å²) in [4.78, 5) is 24.1. The van der Waals surface area contributed by atoms with Crippen LogP contribution in [0, 0.1) is 0 Å². The fourth-order valence-electron chi connectivity index (χ4n) is 3.44. The van der Waals surface area contributed by atoms with Crippen LogP contribution in [0.4, 0.5) is 0 Å². The fourth-order valence-corrected chi connectivity index (χ4v) is 3.44. The van der Waals surface area contributed by atoms with E-state index in [0.717, 1.165) is 11.1 Å². The quantitative estimate of drug-likeness (QED) is 0.321. The molecule has 4 nitrogen and oxygen atoms in total. The predicted octanol–water partition coefficient (Wildman–Crippen LogP) is 5.88. The van der Waals surface area contributed by atoms with Gasteiger partial charge in [0, 0.05) is 17.9 Å². The minimum absolute atomic E-state index is 0.0293. The van der Waals surface area contributed by atoms with Crippen molar-refractivity contribution < 1.29 is 19.4 Å². The molecule has 0 saturated heterocycles. The van der Waals surface area contributed by atoms with Crippen molar-refractivity contribution in [1.82, 2.24) is 0 Å². The standard InChI is InChI=1S/C26H26O4/c27-25(28)17-8-7-16-24(21-12-5-2-6-13-21)26(29)22-14-9-15-23(18-22)30-19-20-10-3-1-4-11-20/h1-6,9-15,18,24H,7-8,16-17,19H2,(H,27,28). The molecule has 3 rings (SSSR count). The summed E-state index contributed by atoms with van der Waals surface area (Å²) in [5, 5.41) is 8.87. The van der Waals surface area contributed by atoms with Crippen molar-refractivity contribution >= 4 is 11.8 Å². The van der Waals surface area contributed by atoms with Crippen molar-refractivity contribution in [3.8, 4) is 5.75 Å². The van der Waals surface area contributed by atoms with E-state index in [1.54, 1.807) is 6.07 Å². The number of hydrogen-bond acceptors (Lipinski definition) is 3. The van der Waals surface area contributed by atoms with Crippen LogP contribution >= 0.6 is 0 Å². The molecule has 0 heterocycles. The summed E-state index contributed by atoms with van der Waals surface area (Å²) < 4.78 is 5.88. The second-order valence-corrected chi connectivity index (χ2v) is 7.27. The van der Waals surface area contributed by atoms with E-state index >= 15 is 0 Å². The van der Waals surface area contributed by atoms with Gasteiger partial charge in [0.05, 0.1) is 0 Å². The molecule has 0 aliphatic carbocycles. The van der Waals surface area contributed by atoms with E-state index in [2.05, 4.69) is 0 Å². The van der Waals surface area contributed by atoms with Crippen LogP contribution in [0.25, 0.3) is 0 Å². The van der Waals surface area contributed by atoms with Crippen LogP contribution in [0.3, 0.4) is 0 Å². The smallest absolute Gasteiger partial charge is 0.303 e. The summed E-state index contributed by atoms with van der Waals surface area (Å²) >= 11 is 0. The largest absolute Gasteiger partial charge is 0.489 e. The maximum atomic E-state index is 13.3. The number of rotatable bonds is 11. The Labute approximate surface area is 177 Å². The van der Waals surface area contributed by atoms with Crippen LogP contribution in [-0.2, 0) is 11.4 Å². The van der Waals surface area contributed by atoms with Crippen molar-refractivity contribution in [2.45, 2.75) is 38.2 Å². The summed E-state index contributed by atoms with van der Waals surface area (Å²) in [5.74, 6) is -0.422. The Morgan fingerprint density at radius 3 is 2.23 bits per heavy atom. The zero-order valence-corrected chi connectivity index (χ0v) is 16.9. The van der Waals surface area contributed by atoms with Gasteiger partial charge in [0.1, 0.15) is 12.4 Å². The topological polar surface area (TPSA) is 63.6 Å². The van der Waals surface area contributed by atoms with E-state index in [1.165, 1.54) is 0 Å². The first-order valence-electron chi connectivity index (χ1n) is 10.2. The zero-order chi connectivity index (χ0) is 21.2. The molecule has 0 saturated carbocycles. The number of carbonyl (C=O) groups is 2. The molecule has 0 spiro atoms. The maximum Gasteiger partial charge on any atom is 0.303 e. The van der Waals surface area contributed by atoms with Crippen molar-refractivity contribution in [2.24, 2.45) is 0 Å². The third-order valence-electron chi connectivity index (χ3n) is 5.02. The van der Waals surface area contributed by atoms with Gasteiger partial charge in [-0.1, -0.05) is 79.2 Å². The SMILES string of the molecule is O=C(O)CCCCC(C(=O)c1cccc(OCc2ccccc2)c1)c1ccccc1. The van der Waals surface area contributed by atoms with Crippen LogP contribution < -0.4 is 4.74 Å². The van der Waals surface area contributed by atoms with Gasteiger partial charge >= 0.3 is 5.97 Å². The van der Waals surface area contributed by atoms with Gasteiger partial charge in [-0.2, -0.15) is 0 Å². The Kier molecular flexibility index (Phi) is 7.78. The molecule has 0 fully saturated rings. The molecule has 0 bridgehead atoms. The lowest BCUT2D eigenvalue weighted by Crippen LogP contribution is -2.13. The minimum atomic E-state index is -0.805. The predicted molar refractivity (Wildman–Crippen MR) is 117 cm³/mol. The second-order valence-electron chi connectivity index (χ2n) is 7.27. The lowest BCUT2D eigenvalue weighted by atomic mass is 9.86. The molecule has 0 aliphatic heterocycles. The van der Waals surface area contributed by atoms with Gasteiger partial charge in [-0.25, -0.2) is 0 Å². The third-order valence-corrected chi connectivity index (χ3v) is 5.02. The van der Waals surface area contributed by atoms with Gasteiger partial charge in [-0.3, -0.25) is 9.59 Å². The van der Waals surface area contributed by atoms with E-state index < -0.39 is 5.97 Å². The number of hydrogen-bond donors (Lipinski definition) is 1. The molecule has 1 unspecified atom stereocenters. The number of Topliss-reactive ketones (excluding diaryl/α,β-unsaturated/α-hetero) is 1. The van der Waals surface area contributed by atoms with Gasteiger partial charge < -0.3 is 9.84 Å². The van der Waals surface area contributed by atoms with Gasteiger partial charge in [-0.15, -0.1) is 0 Å². The molecule has 0 amide bonds. The summed E-state index contributed by atoms with van der Waals surface area (Å²) in [5.41, 5.74) is 2.62. The molecule has 30 heavy (non-hydrogen) atoms. The normalized spacial score (nSPS) is 11.6. The van der Waals surface area contributed by atoms with Crippen LogP contribution in [0.1, 0.15) is 53.1 Å². The number of carbonyl (C=O) groups excluding carboxylic acids is 1. The number of ether oxygens (including phenoxy) is 1. The number of carboxylic acid groups (broad SMARTS) is 1. The van der Waals surface area contributed by atoms with E-state index in [-0.39, 0.29) is 18.1 Å². The van der Waals surface area contributed by atoms with Gasteiger partial charge in [0.2, 0.25) is 0 Å². The highest BCUT2D eigenvalue weighted by Gasteiger charge is 2.22. The van der Waals surface area contributed by atoms with Gasteiger partial charge in [0.15, 0.2) is 5.78 Å². The molecular weight excluding hydrogens is 376 g/mol. The molecule has 3 aromatic carbocycles. The lowest BCUT2D eigenvalue weighted by molar-refractivity contribution is -0.137. The van der Waals surface area contributed by atoms with Crippen molar-refractivity contribution in [3.63, 3.8) is 0 Å². The molecule has 0 radical (unpaired) electrons. The molecule has 1 N–H and O–H groups in total. The molecule has 154 valence electrons. The van der Waals surface area contributed by atoms with Crippen LogP contribution in [0.2, 0.25) is 0 Å². The maximum absolute atomic E-state index is 13.3. The van der Waals surface area contributed by atoms with Crippen molar-refractivity contribution in [2.75, 3.05) is 0 Å². The number of benzene rings is 3. The summed E-state index contributed by atoms with van der Waals surface area (Å²) in [6, 6.07) is 26.9. The monoisotopic (exact) mass is 402 g/mol. The van der Waals surface area contributed by atoms with Crippen LogP contribution in [0.15, 0.2) is 84.9 Å².